The average Bonchev–Trinajstić information content (AvgIpc) is 2.73. The molecule has 0 unspecified atom stereocenters. The van der Waals surface area contributed by atoms with E-state index in [9.17, 15) is 13.2 Å². The molecule has 2 radical (unpaired) electrons. The predicted octanol–water partition coefficient (Wildman–Crippen LogP) is 5.27. The number of halogens is 3. The van der Waals surface area contributed by atoms with E-state index < -0.39 is 43.5 Å². The summed E-state index contributed by atoms with van der Waals surface area (Å²) >= 11 is -2.03. The Morgan fingerprint density at radius 1 is 0.719 bits per heavy atom. The SMILES string of the molecule is Cc1cc([O][Al][O][Al][O]c2cc(C(F)(F)F)cc3ccc(C)nc23)c2nc(C)ccc2c1. The van der Waals surface area contributed by atoms with Gasteiger partial charge in [0.25, 0.3) is 0 Å². The summed E-state index contributed by atoms with van der Waals surface area (Å²) in [7, 11) is 0. The zero-order valence-corrected chi connectivity index (χ0v) is 19.8. The third kappa shape index (κ3) is 5.18. The number of hydrogen-bond donors (Lipinski definition) is 0. The van der Waals surface area contributed by atoms with E-state index in [1.165, 1.54) is 0 Å². The monoisotopic (exact) mass is 468 g/mol. The third-order valence-corrected chi connectivity index (χ3v) is 6.32. The molecule has 5 nitrogen and oxygen atoms in total. The fourth-order valence-electron chi connectivity index (χ4n) is 3.27. The summed E-state index contributed by atoms with van der Waals surface area (Å²) in [6, 6.07) is 13.1. The van der Waals surface area contributed by atoms with Crippen molar-refractivity contribution < 1.29 is 23.6 Å². The molecule has 0 amide bonds. The second-order valence-electron chi connectivity index (χ2n) is 7.35. The van der Waals surface area contributed by atoms with Gasteiger partial charge in [0.05, 0.1) is 5.56 Å². The van der Waals surface area contributed by atoms with Gasteiger partial charge in [0.2, 0.25) is 0 Å². The van der Waals surface area contributed by atoms with Crippen LogP contribution in [0.2, 0.25) is 0 Å². The molecule has 0 atom stereocenters. The number of benzene rings is 2. The van der Waals surface area contributed by atoms with Gasteiger partial charge >= 0.3 is 37.9 Å². The van der Waals surface area contributed by atoms with Crippen molar-refractivity contribution in [3.8, 4) is 11.5 Å². The van der Waals surface area contributed by atoms with Crippen molar-refractivity contribution >= 4 is 53.6 Å². The van der Waals surface area contributed by atoms with Crippen LogP contribution in [0.4, 0.5) is 13.2 Å². The van der Waals surface area contributed by atoms with Crippen LogP contribution in [0.5, 0.6) is 11.5 Å². The number of pyridine rings is 2. The summed E-state index contributed by atoms with van der Waals surface area (Å²) in [5.41, 5.74) is 2.90. The van der Waals surface area contributed by atoms with Crippen molar-refractivity contribution in [3.05, 3.63) is 71.0 Å². The predicted molar refractivity (Wildman–Crippen MR) is 117 cm³/mol. The minimum atomic E-state index is -4.49. The van der Waals surface area contributed by atoms with Gasteiger partial charge in [-0.15, -0.1) is 0 Å². The van der Waals surface area contributed by atoms with E-state index in [2.05, 4.69) is 9.97 Å². The minimum Gasteiger partial charge on any atom is -0.626 e. The van der Waals surface area contributed by atoms with Crippen molar-refractivity contribution in [3.63, 3.8) is 0 Å². The summed E-state index contributed by atoms with van der Waals surface area (Å²) < 4.78 is 56.8. The number of aryl methyl sites for hydroxylation is 3. The van der Waals surface area contributed by atoms with E-state index >= 15 is 0 Å². The molecule has 0 saturated carbocycles. The molecule has 0 aliphatic carbocycles. The zero-order chi connectivity index (χ0) is 22.9. The molecule has 32 heavy (non-hydrogen) atoms. The maximum Gasteiger partial charge on any atom is 0.743 e. The molecular weight excluding hydrogens is 451 g/mol. The molecule has 2 aromatic carbocycles. The van der Waals surface area contributed by atoms with Crippen LogP contribution in [0.3, 0.4) is 0 Å². The smallest absolute Gasteiger partial charge is 0.626 e. The quantitative estimate of drug-likeness (QED) is 0.285. The van der Waals surface area contributed by atoms with Gasteiger partial charge in [-0.2, -0.15) is 13.2 Å². The van der Waals surface area contributed by atoms with Crippen LogP contribution in [0.1, 0.15) is 22.5 Å². The lowest BCUT2D eigenvalue weighted by Gasteiger charge is -2.15. The van der Waals surface area contributed by atoms with Gasteiger partial charge in [-0.05, 0) is 62.7 Å². The summed E-state index contributed by atoms with van der Waals surface area (Å²) in [5.74, 6) is 0.658. The highest BCUT2D eigenvalue weighted by Crippen LogP contribution is 2.35. The van der Waals surface area contributed by atoms with Gasteiger partial charge in [-0.3, -0.25) is 0 Å². The standard InChI is InChI=1S/C11H8F3NO.C11H11NO.2Al.O/c1-6-2-3-7-4-8(11(12,13)14)5-9(16)10(7)15-6;1-7-5-9-4-3-8(2)12-11(9)10(13)6-7;;;/h2-5,16H,1H3;3-6,13H,1-2H3;;;/q;;2*+1;/p-2. The molecule has 4 aromatic rings. The van der Waals surface area contributed by atoms with Crippen LogP contribution in [-0.4, -0.2) is 41.7 Å². The molecule has 0 aliphatic rings. The molecule has 0 bridgehead atoms. The Hall–Kier alpha value is -2.33. The Labute approximate surface area is 196 Å². The van der Waals surface area contributed by atoms with Crippen LogP contribution >= 0.6 is 0 Å². The van der Waals surface area contributed by atoms with Crippen molar-refractivity contribution in [1.29, 1.82) is 0 Å². The number of nitrogens with zero attached hydrogens (tertiary/aromatic N) is 2. The molecule has 10 heteroatoms. The van der Waals surface area contributed by atoms with Gasteiger partial charge in [0, 0.05) is 22.2 Å². The van der Waals surface area contributed by atoms with Crippen LogP contribution < -0.4 is 7.58 Å². The topological polar surface area (TPSA) is 53.5 Å². The van der Waals surface area contributed by atoms with E-state index in [1.807, 2.05) is 38.1 Å². The van der Waals surface area contributed by atoms with Gasteiger partial charge < -0.3 is 10.4 Å². The highest BCUT2D eigenvalue weighted by Gasteiger charge is 2.32. The summed E-state index contributed by atoms with van der Waals surface area (Å²) in [5, 5.41) is 1.32. The molecule has 160 valence electrons. The molecule has 0 fully saturated rings. The molecule has 2 heterocycles. The molecule has 2 aromatic heterocycles. The number of aromatic nitrogens is 2. The Kier molecular flexibility index (Phi) is 6.62. The number of alkyl halides is 3. The van der Waals surface area contributed by atoms with Gasteiger partial charge in [-0.1, -0.05) is 12.1 Å². The third-order valence-electron chi connectivity index (χ3n) is 4.73. The first kappa shape index (κ1) is 22.9. The number of fused-ring (bicyclic) bond motifs is 2. The number of hydrogen-bond acceptors (Lipinski definition) is 5. The first-order valence-corrected chi connectivity index (χ1v) is 11.6. The highest BCUT2D eigenvalue weighted by atomic mass is 27.3. The molecule has 4 rings (SSSR count). The van der Waals surface area contributed by atoms with Crippen LogP contribution in [0, 0.1) is 20.8 Å². The minimum absolute atomic E-state index is 0.0474. The number of rotatable bonds is 6. The van der Waals surface area contributed by atoms with Crippen molar-refractivity contribution in [2.75, 3.05) is 0 Å². The van der Waals surface area contributed by atoms with Crippen LogP contribution in [0.15, 0.2) is 48.5 Å². The van der Waals surface area contributed by atoms with Gasteiger partial charge in [-0.25, -0.2) is 9.97 Å². The second-order valence-corrected chi connectivity index (χ2v) is 9.29. The van der Waals surface area contributed by atoms with E-state index in [0.717, 1.165) is 34.3 Å². The average molecular weight is 468 g/mol. The van der Waals surface area contributed by atoms with E-state index in [4.69, 9.17) is 10.4 Å². The van der Waals surface area contributed by atoms with E-state index in [-0.39, 0.29) is 5.75 Å². The Morgan fingerprint density at radius 2 is 1.25 bits per heavy atom. The fraction of sp³-hybridized carbons (Fsp3) is 0.182. The maximum atomic E-state index is 13.3. The summed E-state index contributed by atoms with van der Waals surface area (Å²) in [6.07, 6.45) is -4.49. The Morgan fingerprint density at radius 3 is 1.81 bits per heavy atom. The summed E-state index contributed by atoms with van der Waals surface area (Å²) in [6.45, 7) is 5.63. The first-order chi connectivity index (χ1) is 15.2. The summed E-state index contributed by atoms with van der Waals surface area (Å²) in [4.78, 5) is 8.86. The molecule has 0 spiro atoms. The van der Waals surface area contributed by atoms with Crippen LogP contribution in [0.25, 0.3) is 21.8 Å². The van der Waals surface area contributed by atoms with Crippen LogP contribution in [-0.2, 0) is 9.02 Å². The van der Waals surface area contributed by atoms with E-state index in [0.29, 0.717) is 22.3 Å². The lowest BCUT2D eigenvalue weighted by molar-refractivity contribution is -0.137. The normalized spacial score (nSPS) is 11.6. The first-order valence-electron chi connectivity index (χ1n) is 9.69. The van der Waals surface area contributed by atoms with Gasteiger partial charge in [0.1, 0.15) is 22.5 Å². The Bertz CT molecular complexity index is 1300. The molecule has 0 saturated heterocycles. The zero-order valence-electron chi connectivity index (χ0n) is 17.5. The largest absolute Gasteiger partial charge is 0.743 e. The maximum absolute atomic E-state index is 13.3. The van der Waals surface area contributed by atoms with E-state index in [1.54, 1.807) is 19.1 Å². The van der Waals surface area contributed by atoms with Crippen molar-refractivity contribution in [2.45, 2.75) is 26.9 Å². The van der Waals surface area contributed by atoms with Gasteiger partial charge in [0.15, 0.2) is 0 Å². The lowest BCUT2D eigenvalue weighted by Crippen LogP contribution is -2.16. The van der Waals surface area contributed by atoms with Crippen molar-refractivity contribution in [2.24, 2.45) is 0 Å². The second kappa shape index (κ2) is 9.27. The van der Waals surface area contributed by atoms with Crippen molar-refractivity contribution in [1.82, 2.24) is 9.97 Å². The molecule has 0 aliphatic heterocycles. The lowest BCUT2D eigenvalue weighted by atomic mass is 10.1. The Balaban J connectivity index is 1.47. The molecule has 0 N–H and O–H groups in total. The highest BCUT2D eigenvalue weighted by molar-refractivity contribution is 6.35. The molecular formula is C22H17Al2F3N2O3. The fourth-order valence-corrected chi connectivity index (χ4v) is 4.46.